The van der Waals surface area contributed by atoms with Crippen LogP contribution in [0.25, 0.3) is 10.9 Å². The zero-order chi connectivity index (χ0) is 19.7. The number of fused-ring (bicyclic) bond motifs is 3. The van der Waals surface area contributed by atoms with E-state index in [1.807, 2.05) is 18.2 Å². The highest BCUT2D eigenvalue weighted by atomic mass is 35.5. The lowest BCUT2D eigenvalue weighted by molar-refractivity contribution is -0.116. The van der Waals surface area contributed by atoms with Crippen LogP contribution in [0.5, 0.6) is 0 Å². The van der Waals surface area contributed by atoms with Gasteiger partial charge in [0.2, 0.25) is 5.91 Å². The second-order valence-electron chi connectivity index (χ2n) is 7.27. The maximum Gasteiger partial charge on any atom is 0.254 e. The van der Waals surface area contributed by atoms with Crippen LogP contribution in [0, 0.1) is 0 Å². The predicted molar refractivity (Wildman–Crippen MR) is 112 cm³/mol. The second kappa shape index (κ2) is 7.68. The van der Waals surface area contributed by atoms with Crippen LogP contribution in [0.1, 0.15) is 34.5 Å². The van der Waals surface area contributed by atoms with Gasteiger partial charge in [0.15, 0.2) is 0 Å². The van der Waals surface area contributed by atoms with Crippen molar-refractivity contribution >= 4 is 40.0 Å². The molecule has 4 rings (SSSR count). The summed E-state index contributed by atoms with van der Waals surface area (Å²) in [5.74, 6) is -0.438. The number of carbonyl (C=O) groups is 2. The Bertz CT molecular complexity index is 1060. The molecule has 1 aliphatic carbocycles. The fraction of sp³-hybridized carbons (Fsp3) is 0.273. The van der Waals surface area contributed by atoms with Crippen molar-refractivity contribution in [1.82, 2.24) is 9.88 Å². The Balaban J connectivity index is 1.48. The SMILES string of the molecule is CN(CC(=O)Nc1cccc(Cl)c1)C(=O)c1ccc2[nH]c3c(c2c1)CCCC3. The van der Waals surface area contributed by atoms with Crippen molar-refractivity contribution in [1.29, 1.82) is 0 Å². The summed E-state index contributed by atoms with van der Waals surface area (Å²) in [5.41, 5.74) is 4.90. The Morgan fingerprint density at radius 3 is 2.79 bits per heavy atom. The molecular formula is C22H22ClN3O2. The van der Waals surface area contributed by atoms with Crippen molar-refractivity contribution in [3.05, 3.63) is 64.3 Å². The number of anilines is 1. The van der Waals surface area contributed by atoms with Crippen molar-refractivity contribution in [3.8, 4) is 0 Å². The molecule has 0 unspecified atom stereocenters. The van der Waals surface area contributed by atoms with Crippen molar-refractivity contribution in [2.75, 3.05) is 18.9 Å². The van der Waals surface area contributed by atoms with Crippen LogP contribution in [0.3, 0.4) is 0 Å². The number of amides is 2. The number of hydrogen-bond donors (Lipinski definition) is 2. The summed E-state index contributed by atoms with van der Waals surface area (Å²) >= 11 is 5.93. The van der Waals surface area contributed by atoms with E-state index in [9.17, 15) is 9.59 Å². The lowest BCUT2D eigenvalue weighted by atomic mass is 9.95. The van der Waals surface area contributed by atoms with Gasteiger partial charge in [-0.25, -0.2) is 0 Å². The van der Waals surface area contributed by atoms with Gasteiger partial charge in [0.05, 0.1) is 6.54 Å². The van der Waals surface area contributed by atoms with Crippen LogP contribution in [0.2, 0.25) is 5.02 Å². The minimum Gasteiger partial charge on any atom is -0.358 e. The van der Waals surface area contributed by atoms with E-state index in [2.05, 4.69) is 10.3 Å². The van der Waals surface area contributed by atoms with Gasteiger partial charge in [-0.2, -0.15) is 0 Å². The third-order valence-electron chi connectivity index (χ3n) is 5.18. The highest BCUT2D eigenvalue weighted by Crippen LogP contribution is 2.30. The lowest BCUT2D eigenvalue weighted by Gasteiger charge is -2.17. The van der Waals surface area contributed by atoms with Crippen LogP contribution in [-0.2, 0) is 17.6 Å². The van der Waals surface area contributed by atoms with Crippen LogP contribution in [0.15, 0.2) is 42.5 Å². The molecule has 0 spiro atoms. The quantitative estimate of drug-likeness (QED) is 0.687. The van der Waals surface area contributed by atoms with E-state index in [1.54, 1.807) is 31.3 Å². The van der Waals surface area contributed by atoms with Crippen LogP contribution < -0.4 is 5.32 Å². The predicted octanol–water partition coefficient (Wildman–Crippen LogP) is 4.41. The number of aromatic amines is 1. The molecule has 28 heavy (non-hydrogen) atoms. The number of nitrogens with one attached hydrogen (secondary N) is 2. The van der Waals surface area contributed by atoms with Crippen LogP contribution >= 0.6 is 11.6 Å². The van der Waals surface area contributed by atoms with Gasteiger partial charge in [0.25, 0.3) is 5.91 Å². The number of H-pyrrole nitrogens is 1. The molecule has 0 atom stereocenters. The molecule has 144 valence electrons. The largest absolute Gasteiger partial charge is 0.358 e. The topological polar surface area (TPSA) is 65.2 Å². The summed E-state index contributed by atoms with van der Waals surface area (Å²) in [6, 6.07) is 12.7. The molecule has 2 N–H and O–H groups in total. The van der Waals surface area contributed by atoms with Crippen LogP contribution in [-0.4, -0.2) is 35.3 Å². The molecule has 6 heteroatoms. The molecule has 3 aromatic rings. The van der Waals surface area contributed by atoms with E-state index in [4.69, 9.17) is 11.6 Å². The Morgan fingerprint density at radius 1 is 1.14 bits per heavy atom. The van der Waals surface area contributed by atoms with Gasteiger partial charge >= 0.3 is 0 Å². The highest BCUT2D eigenvalue weighted by Gasteiger charge is 2.19. The third-order valence-corrected chi connectivity index (χ3v) is 5.42. The van der Waals surface area contributed by atoms with Gasteiger partial charge in [-0.05, 0) is 67.6 Å². The van der Waals surface area contributed by atoms with Gasteiger partial charge in [0, 0.05) is 39.9 Å². The molecule has 2 aromatic carbocycles. The third kappa shape index (κ3) is 3.76. The van der Waals surface area contributed by atoms with Crippen molar-refractivity contribution in [2.45, 2.75) is 25.7 Å². The number of benzene rings is 2. The summed E-state index contributed by atoms with van der Waals surface area (Å²) in [5, 5.41) is 4.43. The molecule has 0 saturated heterocycles. The first-order valence-electron chi connectivity index (χ1n) is 9.45. The minimum absolute atomic E-state index is 0.0331. The first kappa shape index (κ1) is 18.6. The molecule has 0 aliphatic heterocycles. The van der Waals surface area contributed by atoms with Crippen LogP contribution in [0.4, 0.5) is 5.69 Å². The van der Waals surface area contributed by atoms with E-state index in [0.717, 1.165) is 23.7 Å². The zero-order valence-corrected chi connectivity index (χ0v) is 16.5. The summed E-state index contributed by atoms with van der Waals surface area (Å²) in [6.45, 7) is -0.0331. The summed E-state index contributed by atoms with van der Waals surface area (Å²) in [7, 11) is 1.64. The van der Waals surface area contributed by atoms with E-state index in [-0.39, 0.29) is 18.4 Å². The fourth-order valence-electron chi connectivity index (χ4n) is 3.81. The minimum atomic E-state index is -0.266. The number of aryl methyl sites for hydroxylation is 2. The van der Waals surface area contributed by atoms with Gasteiger partial charge in [-0.15, -0.1) is 0 Å². The number of carbonyl (C=O) groups excluding carboxylic acids is 2. The van der Waals surface area contributed by atoms with Gasteiger partial charge in [0.1, 0.15) is 0 Å². The second-order valence-corrected chi connectivity index (χ2v) is 7.71. The monoisotopic (exact) mass is 395 g/mol. The lowest BCUT2D eigenvalue weighted by Crippen LogP contribution is -2.34. The first-order chi connectivity index (χ1) is 13.5. The molecule has 5 nitrogen and oxygen atoms in total. The van der Waals surface area contributed by atoms with E-state index in [1.165, 1.54) is 29.0 Å². The van der Waals surface area contributed by atoms with Gasteiger partial charge < -0.3 is 15.2 Å². The first-order valence-corrected chi connectivity index (χ1v) is 9.83. The van der Waals surface area contributed by atoms with Gasteiger partial charge in [-0.1, -0.05) is 17.7 Å². The van der Waals surface area contributed by atoms with Crippen molar-refractivity contribution < 1.29 is 9.59 Å². The number of likely N-dealkylation sites (N-methyl/N-ethyl adjacent to an activating group) is 1. The van der Waals surface area contributed by atoms with E-state index in [0.29, 0.717) is 16.3 Å². The summed E-state index contributed by atoms with van der Waals surface area (Å²) in [6.07, 6.45) is 4.50. The molecule has 0 bridgehead atoms. The number of hydrogen-bond acceptors (Lipinski definition) is 2. The molecule has 0 saturated carbocycles. The maximum atomic E-state index is 12.8. The molecule has 1 aliphatic rings. The zero-order valence-electron chi connectivity index (χ0n) is 15.7. The summed E-state index contributed by atoms with van der Waals surface area (Å²) in [4.78, 5) is 30.0. The van der Waals surface area contributed by atoms with Gasteiger partial charge in [-0.3, -0.25) is 9.59 Å². The van der Waals surface area contributed by atoms with E-state index < -0.39 is 0 Å². The van der Waals surface area contributed by atoms with E-state index >= 15 is 0 Å². The summed E-state index contributed by atoms with van der Waals surface area (Å²) < 4.78 is 0. The smallest absolute Gasteiger partial charge is 0.254 e. The number of nitrogens with zero attached hydrogens (tertiary/aromatic N) is 1. The fourth-order valence-corrected chi connectivity index (χ4v) is 4.00. The Morgan fingerprint density at radius 2 is 1.96 bits per heavy atom. The Hall–Kier alpha value is -2.79. The van der Waals surface area contributed by atoms with Crippen molar-refractivity contribution in [2.24, 2.45) is 0 Å². The average Bonchev–Trinajstić information content (AvgIpc) is 3.05. The normalized spacial score (nSPS) is 13.2. The standard InChI is InChI=1S/C22H22ClN3O2/c1-26(13-21(27)24-16-6-4-5-15(23)12-16)22(28)14-9-10-20-18(11-14)17-7-2-3-8-19(17)25-20/h4-6,9-12,25H,2-3,7-8,13H2,1H3,(H,24,27). The molecule has 2 amide bonds. The number of aromatic nitrogens is 1. The Kier molecular flexibility index (Phi) is 5.09. The molecule has 0 fully saturated rings. The number of rotatable bonds is 4. The Labute approximate surface area is 168 Å². The average molecular weight is 396 g/mol. The highest BCUT2D eigenvalue weighted by molar-refractivity contribution is 6.30. The molecular weight excluding hydrogens is 374 g/mol. The molecule has 1 aromatic heterocycles. The van der Waals surface area contributed by atoms with Crippen molar-refractivity contribution in [3.63, 3.8) is 0 Å². The maximum absolute atomic E-state index is 12.8. The molecule has 0 radical (unpaired) electrons. The number of halogens is 1. The molecule has 1 heterocycles.